The minimum absolute atomic E-state index is 0.149. The lowest BCUT2D eigenvalue weighted by Gasteiger charge is -2.17. The number of ether oxygens (including phenoxy) is 2. The summed E-state index contributed by atoms with van der Waals surface area (Å²) in [6.45, 7) is 2.03. The molecular formula is C19H24N2O5S. The van der Waals surface area contributed by atoms with Gasteiger partial charge in [-0.25, -0.2) is 8.42 Å². The van der Waals surface area contributed by atoms with Crippen molar-refractivity contribution in [1.29, 1.82) is 0 Å². The molecule has 0 aliphatic heterocycles. The van der Waals surface area contributed by atoms with Crippen molar-refractivity contribution in [2.24, 2.45) is 0 Å². The highest BCUT2D eigenvalue weighted by atomic mass is 32.2. The number of rotatable bonds is 9. The molecule has 7 nitrogen and oxygen atoms in total. The predicted octanol–water partition coefficient (Wildman–Crippen LogP) is 1.82. The topological polar surface area (TPSA) is 84.9 Å². The van der Waals surface area contributed by atoms with Crippen molar-refractivity contribution in [1.82, 2.24) is 9.62 Å². The third-order valence-corrected chi connectivity index (χ3v) is 5.78. The highest BCUT2D eigenvalue weighted by Gasteiger charge is 2.20. The summed E-state index contributed by atoms with van der Waals surface area (Å²) in [7, 11) is -0.584. The number of sulfonamides is 1. The zero-order valence-corrected chi connectivity index (χ0v) is 16.5. The third-order valence-electron chi connectivity index (χ3n) is 3.91. The normalized spacial score (nSPS) is 11.3. The quantitative estimate of drug-likeness (QED) is 0.704. The first kappa shape index (κ1) is 20.7. The molecule has 0 bridgehead atoms. The molecule has 27 heavy (non-hydrogen) atoms. The Bertz CT molecular complexity index is 866. The van der Waals surface area contributed by atoms with E-state index in [-0.39, 0.29) is 30.5 Å². The molecule has 0 fully saturated rings. The highest BCUT2D eigenvalue weighted by molar-refractivity contribution is 7.89. The number of nitrogens with one attached hydrogen (secondary N) is 1. The van der Waals surface area contributed by atoms with Gasteiger partial charge in [0.25, 0.3) is 5.91 Å². The molecule has 0 saturated heterocycles. The minimum Gasteiger partial charge on any atom is -0.493 e. The first-order valence-electron chi connectivity index (χ1n) is 8.40. The number of nitrogens with zero attached hydrogens (tertiary/aromatic N) is 1. The second-order valence-electron chi connectivity index (χ2n) is 5.93. The number of carbonyl (C=O) groups excluding carboxylic acids is 1. The number of amides is 1. The van der Waals surface area contributed by atoms with Gasteiger partial charge in [-0.05, 0) is 31.2 Å². The molecule has 0 atom stereocenters. The number of likely N-dealkylation sites (N-methyl/N-ethyl adjacent to an activating group) is 1. The molecule has 0 unspecified atom stereocenters. The van der Waals surface area contributed by atoms with Crippen molar-refractivity contribution in [2.75, 3.05) is 33.9 Å². The Labute approximate surface area is 160 Å². The van der Waals surface area contributed by atoms with Crippen LogP contribution in [0.4, 0.5) is 0 Å². The van der Waals surface area contributed by atoms with Gasteiger partial charge in [-0.1, -0.05) is 29.8 Å². The summed E-state index contributed by atoms with van der Waals surface area (Å²) in [4.78, 5) is 12.1. The molecule has 0 saturated carbocycles. The van der Waals surface area contributed by atoms with E-state index in [0.29, 0.717) is 11.5 Å². The van der Waals surface area contributed by atoms with Gasteiger partial charge in [0, 0.05) is 20.1 Å². The number of para-hydroxylation sites is 2. The Morgan fingerprint density at radius 2 is 1.70 bits per heavy atom. The zero-order valence-electron chi connectivity index (χ0n) is 15.6. The van der Waals surface area contributed by atoms with E-state index in [0.717, 1.165) is 5.56 Å². The van der Waals surface area contributed by atoms with Crippen LogP contribution in [0.1, 0.15) is 5.56 Å². The van der Waals surface area contributed by atoms with Gasteiger partial charge in [0.2, 0.25) is 10.0 Å². The molecule has 146 valence electrons. The maximum atomic E-state index is 12.5. The van der Waals surface area contributed by atoms with Crippen molar-refractivity contribution < 1.29 is 22.7 Å². The molecule has 8 heteroatoms. The molecule has 0 spiro atoms. The van der Waals surface area contributed by atoms with E-state index in [9.17, 15) is 13.2 Å². The van der Waals surface area contributed by atoms with Gasteiger partial charge in [0.1, 0.15) is 0 Å². The van der Waals surface area contributed by atoms with E-state index in [1.807, 2.05) is 6.92 Å². The van der Waals surface area contributed by atoms with Crippen LogP contribution in [0, 0.1) is 6.92 Å². The molecule has 0 aliphatic rings. The molecule has 2 aromatic carbocycles. The summed E-state index contributed by atoms with van der Waals surface area (Å²) < 4.78 is 36.7. The van der Waals surface area contributed by atoms with Crippen LogP contribution in [0.25, 0.3) is 0 Å². The second-order valence-corrected chi connectivity index (χ2v) is 7.97. The average Bonchev–Trinajstić information content (AvgIpc) is 2.66. The molecule has 1 N–H and O–H groups in total. The number of hydrogen-bond donors (Lipinski definition) is 1. The maximum absolute atomic E-state index is 12.5. The molecule has 2 aromatic rings. The summed E-state index contributed by atoms with van der Waals surface area (Å²) in [6.07, 6.45) is 0. The highest BCUT2D eigenvalue weighted by Crippen LogP contribution is 2.25. The lowest BCUT2D eigenvalue weighted by molar-refractivity contribution is -0.123. The molecule has 0 heterocycles. The monoisotopic (exact) mass is 392 g/mol. The Morgan fingerprint density at radius 1 is 1.07 bits per heavy atom. The zero-order chi connectivity index (χ0) is 19.9. The molecule has 0 aliphatic carbocycles. The second kappa shape index (κ2) is 9.38. The van der Waals surface area contributed by atoms with Crippen LogP contribution in [-0.2, 0) is 14.8 Å². The van der Waals surface area contributed by atoms with Crippen LogP contribution in [0.3, 0.4) is 0 Å². The van der Waals surface area contributed by atoms with E-state index >= 15 is 0 Å². The van der Waals surface area contributed by atoms with Gasteiger partial charge in [-0.15, -0.1) is 0 Å². The number of carbonyl (C=O) groups is 1. The number of methoxy groups -OCH3 is 1. The number of benzene rings is 2. The van der Waals surface area contributed by atoms with Gasteiger partial charge in [-0.3, -0.25) is 4.79 Å². The Kier molecular flexibility index (Phi) is 7.20. The van der Waals surface area contributed by atoms with Crippen LogP contribution in [-0.4, -0.2) is 52.5 Å². The van der Waals surface area contributed by atoms with E-state index in [4.69, 9.17) is 9.47 Å². The number of aryl methyl sites for hydroxylation is 1. The summed E-state index contributed by atoms with van der Waals surface area (Å²) >= 11 is 0. The Balaban J connectivity index is 1.81. The summed E-state index contributed by atoms with van der Waals surface area (Å²) in [5.74, 6) is 0.658. The van der Waals surface area contributed by atoms with Crippen LogP contribution in [0.15, 0.2) is 53.4 Å². The van der Waals surface area contributed by atoms with Crippen LogP contribution < -0.4 is 14.8 Å². The van der Waals surface area contributed by atoms with Crippen LogP contribution in [0.2, 0.25) is 0 Å². The SMILES string of the molecule is COc1ccccc1OCC(=O)NCCN(C)S(=O)(=O)c1ccc(C)cc1. The van der Waals surface area contributed by atoms with Gasteiger partial charge in [0.05, 0.1) is 12.0 Å². The summed E-state index contributed by atoms with van der Waals surface area (Å²) in [5.41, 5.74) is 0.985. The molecule has 0 aromatic heterocycles. The number of hydrogen-bond acceptors (Lipinski definition) is 5. The van der Waals surface area contributed by atoms with Gasteiger partial charge in [0.15, 0.2) is 18.1 Å². The molecule has 0 radical (unpaired) electrons. The van der Waals surface area contributed by atoms with Crippen molar-refractivity contribution >= 4 is 15.9 Å². The molecule has 2 rings (SSSR count). The fourth-order valence-corrected chi connectivity index (χ4v) is 3.47. The van der Waals surface area contributed by atoms with Crippen molar-refractivity contribution in [3.05, 3.63) is 54.1 Å². The van der Waals surface area contributed by atoms with Crippen LogP contribution >= 0.6 is 0 Å². The third kappa shape index (κ3) is 5.70. The van der Waals surface area contributed by atoms with Crippen LogP contribution in [0.5, 0.6) is 11.5 Å². The van der Waals surface area contributed by atoms with E-state index in [1.165, 1.54) is 18.5 Å². The predicted molar refractivity (Wildman–Crippen MR) is 102 cm³/mol. The van der Waals surface area contributed by atoms with Crippen molar-refractivity contribution in [3.63, 3.8) is 0 Å². The lowest BCUT2D eigenvalue weighted by Crippen LogP contribution is -2.37. The van der Waals surface area contributed by atoms with Gasteiger partial charge >= 0.3 is 0 Å². The van der Waals surface area contributed by atoms with Crippen molar-refractivity contribution in [3.8, 4) is 11.5 Å². The van der Waals surface area contributed by atoms with Crippen molar-refractivity contribution in [2.45, 2.75) is 11.8 Å². The smallest absolute Gasteiger partial charge is 0.257 e. The summed E-state index contributed by atoms with van der Waals surface area (Å²) in [6, 6.07) is 13.7. The van der Waals surface area contributed by atoms with E-state index < -0.39 is 10.0 Å². The fraction of sp³-hybridized carbons (Fsp3) is 0.316. The molecule has 1 amide bonds. The first-order valence-corrected chi connectivity index (χ1v) is 9.84. The first-order chi connectivity index (χ1) is 12.8. The minimum atomic E-state index is -3.58. The summed E-state index contributed by atoms with van der Waals surface area (Å²) in [5, 5.41) is 2.64. The van der Waals surface area contributed by atoms with E-state index in [2.05, 4.69) is 5.32 Å². The largest absolute Gasteiger partial charge is 0.493 e. The average molecular weight is 392 g/mol. The van der Waals surface area contributed by atoms with Gasteiger partial charge < -0.3 is 14.8 Å². The fourth-order valence-electron chi connectivity index (χ4n) is 2.30. The molecular weight excluding hydrogens is 368 g/mol. The Hall–Kier alpha value is -2.58. The van der Waals surface area contributed by atoms with Gasteiger partial charge in [-0.2, -0.15) is 4.31 Å². The van der Waals surface area contributed by atoms with E-state index in [1.54, 1.807) is 48.5 Å². The Morgan fingerprint density at radius 3 is 2.33 bits per heavy atom. The lowest BCUT2D eigenvalue weighted by atomic mass is 10.2. The maximum Gasteiger partial charge on any atom is 0.257 e. The standard InChI is InChI=1S/C19H24N2O5S/c1-15-8-10-16(11-9-15)27(23,24)21(2)13-12-20-19(22)14-26-18-7-5-4-6-17(18)25-3/h4-11H,12-14H2,1-3H3,(H,20,22).